The van der Waals surface area contributed by atoms with Crippen LogP contribution in [0.5, 0.6) is 0 Å². The molecule has 0 bridgehead atoms. The summed E-state index contributed by atoms with van der Waals surface area (Å²) in [7, 11) is 0. The SMILES string of the molecule is O=C1CC([C@@H]2CCCN2)=NN1. The molecule has 1 atom stereocenters. The summed E-state index contributed by atoms with van der Waals surface area (Å²) in [5.41, 5.74) is 3.43. The van der Waals surface area contributed by atoms with Gasteiger partial charge in [-0.25, -0.2) is 5.43 Å². The third kappa shape index (κ3) is 1.26. The van der Waals surface area contributed by atoms with Gasteiger partial charge in [0.2, 0.25) is 5.91 Å². The molecule has 0 aliphatic carbocycles. The van der Waals surface area contributed by atoms with Gasteiger partial charge in [0.05, 0.1) is 12.1 Å². The Bertz CT molecular complexity index is 206. The van der Waals surface area contributed by atoms with Crippen LogP contribution in [-0.4, -0.2) is 24.2 Å². The lowest BCUT2D eigenvalue weighted by Crippen LogP contribution is -2.30. The second-order valence-corrected chi connectivity index (χ2v) is 2.96. The molecule has 1 saturated heterocycles. The van der Waals surface area contributed by atoms with Gasteiger partial charge in [-0.2, -0.15) is 5.10 Å². The van der Waals surface area contributed by atoms with Crippen molar-refractivity contribution in [2.75, 3.05) is 6.54 Å². The van der Waals surface area contributed by atoms with E-state index in [9.17, 15) is 4.79 Å². The Labute approximate surface area is 65.0 Å². The van der Waals surface area contributed by atoms with E-state index in [2.05, 4.69) is 15.8 Å². The molecule has 0 spiro atoms. The normalized spacial score (nSPS) is 30.4. The van der Waals surface area contributed by atoms with E-state index in [0.29, 0.717) is 12.5 Å². The first-order valence-corrected chi connectivity index (χ1v) is 3.95. The molecule has 0 aromatic heterocycles. The summed E-state index contributed by atoms with van der Waals surface area (Å²) in [6.45, 7) is 1.05. The number of carbonyl (C=O) groups excluding carboxylic acids is 1. The molecule has 2 aliphatic heterocycles. The number of hydrogen-bond acceptors (Lipinski definition) is 3. The van der Waals surface area contributed by atoms with E-state index in [0.717, 1.165) is 18.7 Å². The minimum atomic E-state index is 0.0219. The van der Waals surface area contributed by atoms with Gasteiger partial charge in [0.25, 0.3) is 0 Å². The minimum Gasteiger partial charge on any atom is -0.309 e. The Morgan fingerprint density at radius 1 is 1.55 bits per heavy atom. The summed E-state index contributed by atoms with van der Waals surface area (Å²) in [6.07, 6.45) is 2.79. The number of nitrogens with one attached hydrogen (secondary N) is 2. The van der Waals surface area contributed by atoms with E-state index in [1.54, 1.807) is 0 Å². The summed E-state index contributed by atoms with van der Waals surface area (Å²) in [4.78, 5) is 10.8. The summed E-state index contributed by atoms with van der Waals surface area (Å²) in [6, 6.07) is 0.356. The lowest BCUT2D eigenvalue weighted by atomic mass is 10.1. The molecule has 0 radical (unpaired) electrons. The molecule has 2 N–H and O–H groups in total. The van der Waals surface area contributed by atoms with Crippen molar-refractivity contribution in [3.05, 3.63) is 0 Å². The van der Waals surface area contributed by atoms with Gasteiger partial charge < -0.3 is 5.32 Å². The van der Waals surface area contributed by atoms with Crippen LogP contribution in [0.3, 0.4) is 0 Å². The molecule has 0 saturated carbocycles. The first kappa shape index (κ1) is 6.79. The molecule has 2 heterocycles. The molecule has 0 aromatic carbocycles. The lowest BCUT2D eigenvalue weighted by Gasteiger charge is -2.06. The maximum Gasteiger partial charge on any atom is 0.245 e. The van der Waals surface area contributed by atoms with Crippen molar-refractivity contribution < 1.29 is 4.79 Å². The maximum absolute atomic E-state index is 10.8. The van der Waals surface area contributed by atoms with E-state index < -0.39 is 0 Å². The summed E-state index contributed by atoms with van der Waals surface area (Å²) in [5.74, 6) is 0.0219. The fraction of sp³-hybridized carbons (Fsp3) is 0.714. The molecule has 4 heteroatoms. The van der Waals surface area contributed by atoms with Gasteiger partial charge in [-0.1, -0.05) is 0 Å². The van der Waals surface area contributed by atoms with Crippen LogP contribution in [0, 0.1) is 0 Å². The zero-order valence-electron chi connectivity index (χ0n) is 6.26. The van der Waals surface area contributed by atoms with Gasteiger partial charge in [0.15, 0.2) is 0 Å². The molecule has 2 aliphatic rings. The van der Waals surface area contributed by atoms with Gasteiger partial charge >= 0.3 is 0 Å². The highest BCUT2D eigenvalue weighted by molar-refractivity contribution is 6.07. The highest BCUT2D eigenvalue weighted by atomic mass is 16.2. The van der Waals surface area contributed by atoms with E-state index in [4.69, 9.17) is 0 Å². The van der Waals surface area contributed by atoms with Crippen molar-refractivity contribution in [3.63, 3.8) is 0 Å². The molecule has 4 nitrogen and oxygen atoms in total. The number of carbonyl (C=O) groups is 1. The van der Waals surface area contributed by atoms with Crippen molar-refractivity contribution in [1.29, 1.82) is 0 Å². The van der Waals surface area contributed by atoms with Gasteiger partial charge in [-0.15, -0.1) is 0 Å². The zero-order valence-corrected chi connectivity index (χ0v) is 6.26. The molecule has 0 aromatic rings. The molecule has 11 heavy (non-hydrogen) atoms. The van der Waals surface area contributed by atoms with Crippen LogP contribution in [-0.2, 0) is 4.79 Å². The van der Waals surface area contributed by atoms with Crippen LogP contribution < -0.4 is 10.7 Å². The zero-order chi connectivity index (χ0) is 7.68. The maximum atomic E-state index is 10.8. The van der Waals surface area contributed by atoms with Gasteiger partial charge in [-0.3, -0.25) is 4.79 Å². The van der Waals surface area contributed by atoms with E-state index in [1.807, 2.05) is 0 Å². The third-order valence-electron chi connectivity index (χ3n) is 2.13. The molecule has 1 fully saturated rings. The van der Waals surface area contributed by atoms with Crippen LogP contribution in [0.25, 0.3) is 0 Å². The third-order valence-corrected chi connectivity index (χ3v) is 2.13. The Morgan fingerprint density at radius 2 is 2.45 bits per heavy atom. The Hall–Kier alpha value is -0.900. The minimum absolute atomic E-state index is 0.0219. The van der Waals surface area contributed by atoms with E-state index in [-0.39, 0.29) is 5.91 Å². The molecule has 2 rings (SSSR count). The molecular weight excluding hydrogens is 142 g/mol. The van der Waals surface area contributed by atoms with Crippen LogP contribution in [0.15, 0.2) is 5.10 Å². The molecular formula is C7H11N3O. The number of hydrogen-bond donors (Lipinski definition) is 2. The van der Waals surface area contributed by atoms with Crippen LogP contribution in [0.1, 0.15) is 19.3 Å². The fourth-order valence-corrected chi connectivity index (χ4v) is 1.55. The second kappa shape index (κ2) is 2.62. The fourth-order valence-electron chi connectivity index (χ4n) is 1.55. The summed E-state index contributed by atoms with van der Waals surface area (Å²) >= 11 is 0. The molecule has 60 valence electrons. The van der Waals surface area contributed by atoms with Crippen molar-refractivity contribution in [2.45, 2.75) is 25.3 Å². The van der Waals surface area contributed by atoms with Crippen LogP contribution in [0.4, 0.5) is 0 Å². The lowest BCUT2D eigenvalue weighted by molar-refractivity contribution is -0.119. The van der Waals surface area contributed by atoms with Crippen LogP contribution in [0.2, 0.25) is 0 Å². The standard InChI is InChI=1S/C7H11N3O/c11-7-4-6(9-10-7)5-2-1-3-8-5/h5,8H,1-4H2,(H,10,11)/t5-/m0/s1. The smallest absolute Gasteiger partial charge is 0.245 e. The van der Waals surface area contributed by atoms with E-state index in [1.165, 1.54) is 6.42 Å². The highest BCUT2D eigenvalue weighted by Crippen LogP contribution is 2.11. The molecule has 1 amide bonds. The number of rotatable bonds is 1. The number of amides is 1. The average Bonchev–Trinajstić information content (AvgIpc) is 2.55. The number of nitrogens with zero attached hydrogens (tertiary/aromatic N) is 1. The predicted octanol–water partition coefficient (Wildman–Crippen LogP) is -0.386. The summed E-state index contributed by atoms with van der Waals surface area (Å²) in [5, 5.41) is 7.25. The highest BCUT2D eigenvalue weighted by Gasteiger charge is 2.25. The van der Waals surface area contributed by atoms with Gasteiger partial charge in [0, 0.05) is 6.04 Å². The number of hydrazone groups is 1. The average molecular weight is 153 g/mol. The van der Waals surface area contributed by atoms with Crippen LogP contribution >= 0.6 is 0 Å². The Kier molecular flexibility index (Phi) is 1.62. The van der Waals surface area contributed by atoms with E-state index >= 15 is 0 Å². The monoisotopic (exact) mass is 153 g/mol. The summed E-state index contributed by atoms with van der Waals surface area (Å²) < 4.78 is 0. The molecule has 0 unspecified atom stereocenters. The van der Waals surface area contributed by atoms with Crippen molar-refractivity contribution in [3.8, 4) is 0 Å². The topological polar surface area (TPSA) is 53.5 Å². The first-order valence-electron chi connectivity index (χ1n) is 3.95. The first-order chi connectivity index (χ1) is 5.36. The Morgan fingerprint density at radius 3 is 3.00 bits per heavy atom. The van der Waals surface area contributed by atoms with Gasteiger partial charge in [-0.05, 0) is 19.4 Å². The van der Waals surface area contributed by atoms with Gasteiger partial charge in [0.1, 0.15) is 0 Å². The largest absolute Gasteiger partial charge is 0.309 e. The predicted molar refractivity (Wildman–Crippen MR) is 41.2 cm³/mol. The Balaban J connectivity index is 1.99. The van der Waals surface area contributed by atoms with Crippen molar-refractivity contribution >= 4 is 11.6 Å². The van der Waals surface area contributed by atoms with Crippen molar-refractivity contribution in [1.82, 2.24) is 10.7 Å². The quantitative estimate of drug-likeness (QED) is 0.539. The van der Waals surface area contributed by atoms with Crippen molar-refractivity contribution in [2.24, 2.45) is 5.10 Å². The second-order valence-electron chi connectivity index (χ2n) is 2.96.